The monoisotopic (exact) mass is 182 g/mol. The Morgan fingerprint density at radius 2 is 2.23 bits per heavy atom. The van der Waals surface area contributed by atoms with E-state index in [2.05, 4.69) is 30.7 Å². The fourth-order valence-corrected chi connectivity index (χ4v) is 1.10. The molecule has 0 aliphatic rings. The number of aromatic carboxylic acids is 1. The molecule has 1 aromatic heterocycles. The van der Waals surface area contributed by atoms with E-state index in [4.69, 9.17) is 5.11 Å². The number of imidazole rings is 1. The minimum atomic E-state index is -1.01. The number of carboxylic acid groups (broad SMARTS) is 1. The Balaban J connectivity index is 2.75. The maximum absolute atomic E-state index is 10.5. The normalized spacial score (nSPS) is 11.6. The number of rotatable bonds is 2. The molecule has 4 nitrogen and oxygen atoms in total. The van der Waals surface area contributed by atoms with Gasteiger partial charge in [0.1, 0.15) is 0 Å². The van der Waals surface area contributed by atoms with Crippen LogP contribution in [0.2, 0.25) is 0 Å². The van der Waals surface area contributed by atoms with Crippen molar-refractivity contribution in [3.8, 4) is 0 Å². The van der Waals surface area contributed by atoms with Gasteiger partial charge in [-0.15, -0.1) is 0 Å². The van der Waals surface area contributed by atoms with Gasteiger partial charge in [-0.3, -0.25) is 0 Å². The van der Waals surface area contributed by atoms with Crippen LogP contribution in [0.1, 0.15) is 37.1 Å². The summed E-state index contributed by atoms with van der Waals surface area (Å²) in [6.07, 6.45) is 2.42. The Hall–Kier alpha value is -1.32. The molecule has 0 spiro atoms. The van der Waals surface area contributed by atoms with E-state index in [1.165, 1.54) is 0 Å². The molecule has 0 amide bonds. The quantitative estimate of drug-likeness (QED) is 0.731. The number of nitrogens with one attached hydrogen (secondary N) is 1. The summed E-state index contributed by atoms with van der Waals surface area (Å²) in [6.45, 7) is 6.26. The van der Waals surface area contributed by atoms with Crippen LogP contribution in [-0.4, -0.2) is 21.0 Å². The third-order valence-electron chi connectivity index (χ3n) is 1.54. The zero-order valence-corrected chi connectivity index (χ0v) is 8.09. The van der Waals surface area contributed by atoms with Gasteiger partial charge in [0.2, 0.25) is 5.82 Å². The molecule has 0 aromatic carbocycles. The third kappa shape index (κ3) is 2.89. The molecule has 1 rings (SSSR count). The topological polar surface area (TPSA) is 66.0 Å². The van der Waals surface area contributed by atoms with Crippen molar-refractivity contribution in [2.45, 2.75) is 27.2 Å². The van der Waals surface area contributed by atoms with E-state index in [1.54, 1.807) is 6.20 Å². The molecule has 2 N–H and O–H groups in total. The summed E-state index contributed by atoms with van der Waals surface area (Å²) in [5.41, 5.74) is 0.926. The second kappa shape index (κ2) is 3.20. The summed E-state index contributed by atoms with van der Waals surface area (Å²) in [6, 6.07) is 0. The standard InChI is InChI=1S/C9H14N2O2/c1-9(2,3)4-6-5-10-7(11-6)8(12)13/h5H,4H2,1-3H3,(H,10,11)(H,12,13). The van der Waals surface area contributed by atoms with Crippen molar-refractivity contribution in [3.63, 3.8) is 0 Å². The SMILES string of the molecule is CC(C)(C)Cc1c[nH]c(C(=O)O)n1. The molecule has 0 bridgehead atoms. The lowest BCUT2D eigenvalue weighted by Crippen LogP contribution is -2.09. The summed E-state index contributed by atoms with van der Waals surface area (Å²) in [7, 11) is 0. The predicted molar refractivity (Wildman–Crippen MR) is 48.7 cm³/mol. The van der Waals surface area contributed by atoms with Crippen LogP contribution in [0.5, 0.6) is 0 Å². The van der Waals surface area contributed by atoms with E-state index >= 15 is 0 Å². The fourth-order valence-electron chi connectivity index (χ4n) is 1.10. The summed E-state index contributed by atoms with van der Waals surface area (Å²) >= 11 is 0. The van der Waals surface area contributed by atoms with Crippen molar-refractivity contribution >= 4 is 5.97 Å². The Bertz CT molecular complexity index is 310. The molecule has 0 saturated heterocycles. The van der Waals surface area contributed by atoms with E-state index in [0.29, 0.717) is 0 Å². The molecule has 0 radical (unpaired) electrons. The fraction of sp³-hybridized carbons (Fsp3) is 0.556. The molecule has 0 atom stereocenters. The van der Waals surface area contributed by atoms with E-state index in [1.807, 2.05) is 0 Å². The number of hydrogen-bond acceptors (Lipinski definition) is 2. The van der Waals surface area contributed by atoms with Crippen molar-refractivity contribution in [2.75, 3.05) is 0 Å². The number of hydrogen-bond donors (Lipinski definition) is 2. The first-order valence-electron chi connectivity index (χ1n) is 4.16. The Kier molecular flexibility index (Phi) is 2.40. The molecular weight excluding hydrogens is 168 g/mol. The molecule has 1 aromatic rings. The molecule has 0 aliphatic carbocycles. The van der Waals surface area contributed by atoms with Gasteiger partial charge in [-0.05, 0) is 11.8 Å². The first-order chi connectivity index (χ1) is 5.88. The zero-order valence-electron chi connectivity index (χ0n) is 8.09. The van der Waals surface area contributed by atoms with E-state index in [0.717, 1.165) is 12.1 Å². The van der Waals surface area contributed by atoms with Crippen molar-refractivity contribution in [1.82, 2.24) is 9.97 Å². The highest BCUT2D eigenvalue weighted by atomic mass is 16.4. The van der Waals surface area contributed by atoms with Crippen LogP contribution in [0.4, 0.5) is 0 Å². The lowest BCUT2D eigenvalue weighted by molar-refractivity contribution is 0.0684. The van der Waals surface area contributed by atoms with Gasteiger partial charge in [0.25, 0.3) is 0 Å². The van der Waals surface area contributed by atoms with Gasteiger partial charge in [-0.1, -0.05) is 20.8 Å². The van der Waals surface area contributed by atoms with Gasteiger partial charge >= 0.3 is 5.97 Å². The predicted octanol–water partition coefficient (Wildman–Crippen LogP) is 1.70. The summed E-state index contributed by atoms with van der Waals surface area (Å²) in [5.74, 6) is -1.00. The number of carboxylic acids is 1. The second-order valence-corrected chi connectivity index (χ2v) is 4.28. The number of carbonyl (C=O) groups is 1. The van der Waals surface area contributed by atoms with Crippen molar-refractivity contribution in [2.24, 2.45) is 5.41 Å². The van der Waals surface area contributed by atoms with Gasteiger partial charge in [0, 0.05) is 6.20 Å². The minimum absolute atomic E-state index is 0.0132. The zero-order chi connectivity index (χ0) is 10.1. The summed E-state index contributed by atoms with van der Waals surface area (Å²) in [5, 5.41) is 8.60. The average molecular weight is 182 g/mol. The maximum atomic E-state index is 10.5. The van der Waals surface area contributed by atoms with E-state index in [9.17, 15) is 4.79 Å². The molecule has 0 saturated carbocycles. The number of H-pyrrole nitrogens is 1. The maximum Gasteiger partial charge on any atom is 0.371 e. The first kappa shape index (κ1) is 9.77. The molecule has 0 unspecified atom stereocenters. The van der Waals surface area contributed by atoms with E-state index < -0.39 is 5.97 Å². The van der Waals surface area contributed by atoms with Crippen LogP contribution in [0.25, 0.3) is 0 Å². The van der Waals surface area contributed by atoms with Crippen LogP contribution >= 0.6 is 0 Å². The van der Waals surface area contributed by atoms with Crippen LogP contribution in [0, 0.1) is 5.41 Å². The average Bonchev–Trinajstić information content (AvgIpc) is 2.31. The molecular formula is C9H14N2O2. The lowest BCUT2D eigenvalue weighted by atomic mass is 9.91. The smallest absolute Gasteiger partial charge is 0.371 e. The number of nitrogens with zero attached hydrogens (tertiary/aromatic N) is 1. The molecule has 1 heterocycles. The van der Waals surface area contributed by atoms with Crippen LogP contribution in [0.15, 0.2) is 6.20 Å². The number of aromatic amines is 1. The highest BCUT2D eigenvalue weighted by Crippen LogP contribution is 2.18. The van der Waals surface area contributed by atoms with Gasteiger partial charge in [-0.25, -0.2) is 9.78 Å². The Morgan fingerprint density at radius 1 is 1.62 bits per heavy atom. The molecule has 4 heteroatoms. The largest absolute Gasteiger partial charge is 0.475 e. The van der Waals surface area contributed by atoms with Gasteiger partial charge < -0.3 is 10.1 Å². The minimum Gasteiger partial charge on any atom is -0.475 e. The van der Waals surface area contributed by atoms with Crippen LogP contribution < -0.4 is 0 Å². The Labute approximate surface area is 77.0 Å². The van der Waals surface area contributed by atoms with Crippen LogP contribution in [0.3, 0.4) is 0 Å². The lowest BCUT2D eigenvalue weighted by Gasteiger charge is -2.15. The summed E-state index contributed by atoms with van der Waals surface area (Å²) < 4.78 is 0. The highest BCUT2D eigenvalue weighted by Gasteiger charge is 2.15. The number of aromatic nitrogens is 2. The highest BCUT2D eigenvalue weighted by molar-refractivity contribution is 5.83. The molecule has 0 fully saturated rings. The molecule has 13 heavy (non-hydrogen) atoms. The van der Waals surface area contributed by atoms with Crippen molar-refractivity contribution in [1.29, 1.82) is 0 Å². The molecule has 72 valence electrons. The van der Waals surface area contributed by atoms with Crippen LogP contribution in [-0.2, 0) is 6.42 Å². The van der Waals surface area contributed by atoms with Crippen molar-refractivity contribution < 1.29 is 9.90 Å². The van der Waals surface area contributed by atoms with Gasteiger partial charge in [-0.2, -0.15) is 0 Å². The van der Waals surface area contributed by atoms with E-state index in [-0.39, 0.29) is 11.2 Å². The second-order valence-electron chi connectivity index (χ2n) is 4.28. The molecule has 0 aliphatic heterocycles. The Morgan fingerprint density at radius 3 is 2.62 bits per heavy atom. The van der Waals surface area contributed by atoms with Gasteiger partial charge in [0.05, 0.1) is 5.69 Å². The third-order valence-corrected chi connectivity index (χ3v) is 1.54. The van der Waals surface area contributed by atoms with Gasteiger partial charge in [0.15, 0.2) is 0 Å². The summed E-state index contributed by atoms with van der Waals surface area (Å²) in [4.78, 5) is 17.0. The first-order valence-corrected chi connectivity index (χ1v) is 4.16. The van der Waals surface area contributed by atoms with Crippen molar-refractivity contribution in [3.05, 3.63) is 17.7 Å².